The number of rotatable bonds is 9. The fourth-order valence-corrected chi connectivity index (χ4v) is 9.24. The molecule has 0 spiro atoms. The molecule has 1 saturated carbocycles. The smallest absolute Gasteiger partial charge is 0.200 e. The summed E-state index contributed by atoms with van der Waals surface area (Å²) in [5, 5.41) is 45.0. The summed E-state index contributed by atoms with van der Waals surface area (Å²) in [5.41, 5.74) is 6.31. The number of likely N-dealkylation sites (N-methyl/N-ethyl adjacent to an activating group) is 1. The molecule has 3 aliphatic heterocycles. The van der Waals surface area contributed by atoms with Crippen LogP contribution in [0.3, 0.4) is 0 Å². The van der Waals surface area contributed by atoms with E-state index in [2.05, 4.69) is 22.9 Å². The van der Waals surface area contributed by atoms with Gasteiger partial charge in [-0.25, -0.2) is 0 Å². The number of nitrogens with one attached hydrogen (secondary N) is 3. The number of piperidine rings is 1. The standard InChI is InChI=1S/C39H49N3O8/c1-20-8-9-22-7-5-6-12-39(22,42-20)50-29-18-27(48-14-13-40-2)23-10-11-24-32-26(41-38(45)35(29)34(23)32)17-28-33(24)36(43)25(19-49-28)21-15-30(46-3)37(44)31(16-21)47-4/h15-18,20,22,25,36,38,40-45H,5-14,19H2,1-4H3/t20-,22+,25-,36-,38+,39+/m0/s1. The highest BCUT2D eigenvalue weighted by molar-refractivity contribution is 5.93. The van der Waals surface area contributed by atoms with Crippen LogP contribution in [0.15, 0.2) is 24.3 Å². The number of methoxy groups -OCH3 is 2. The summed E-state index contributed by atoms with van der Waals surface area (Å²) >= 11 is 0. The second-order valence-corrected chi connectivity index (χ2v) is 14.5. The molecule has 0 amide bonds. The molecule has 11 heteroatoms. The molecule has 5 aliphatic rings. The van der Waals surface area contributed by atoms with Gasteiger partial charge in [-0.1, -0.05) is 6.42 Å². The highest BCUT2D eigenvalue weighted by Gasteiger charge is 2.48. The van der Waals surface area contributed by atoms with Gasteiger partial charge >= 0.3 is 0 Å². The van der Waals surface area contributed by atoms with Crippen molar-refractivity contribution in [3.8, 4) is 45.6 Å². The average molecular weight is 688 g/mol. The molecule has 3 aromatic rings. The van der Waals surface area contributed by atoms with Crippen molar-refractivity contribution < 1.29 is 39.0 Å². The van der Waals surface area contributed by atoms with Crippen molar-refractivity contribution in [3.63, 3.8) is 0 Å². The van der Waals surface area contributed by atoms with Crippen molar-refractivity contribution in [1.29, 1.82) is 0 Å². The molecule has 50 heavy (non-hydrogen) atoms. The van der Waals surface area contributed by atoms with Gasteiger partial charge in [-0.2, -0.15) is 0 Å². The van der Waals surface area contributed by atoms with E-state index in [1.54, 1.807) is 12.1 Å². The zero-order valence-corrected chi connectivity index (χ0v) is 29.4. The molecule has 268 valence electrons. The first kappa shape index (κ1) is 33.3. The minimum Gasteiger partial charge on any atom is -0.502 e. The van der Waals surface area contributed by atoms with E-state index in [9.17, 15) is 15.3 Å². The van der Waals surface area contributed by atoms with Crippen LogP contribution in [0.2, 0.25) is 0 Å². The van der Waals surface area contributed by atoms with E-state index in [-0.39, 0.29) is 23.9 Å². The lowest BCUT2D eigenvalue weighted by molar-refractivity contribution is -0.0845. The molecule has 6 atom stereocenters. The van der Waals surface area contributed by atoms with E-state index >= 15 is 0 Å². The average Bonchev–Trinajstić information content (AvgIpc) is 3.11. The Morgan fingerprint density at radius 1 is 0.920 bits per heavy atom. The van der Waals surface area contributed by atoms with E-state index in [0.717, 1.165) is 76.9 Å². The first-order valence-electron chi connectivity index (χ1n) is 18.1. The first-order chi connectivity index (χ1) is 24.3. The Balaban J connectivity index is 1.27. The van der Waals surface area contributed by atoms with E-state index in [1.165, 1.54) is 20.6 Å². The molecule has 3 heterocycles. The van der Waals surface area contributed by atoms with Crippen LogP contribution in [-0.4, -0.2) is 68.1 Å². The summed E-state index contributed by atoms with van der Waals surface area (Å²) in [6, 6.07) is 7.69. The van der Waals surface area contributed by atoms with E-state index in [0.29, 0.717) is 55.0 Å². The third kappa shape index (κ3) is 5.32. The summed E-state index contributed by atoms with van der Waals surface area (Å²) in [6.07, 6.45) is 5.92. The Morgan fingerprint density at radius 2 is 1.70 bits per heavy atom. The maximum absolute atomic E-state index is 12.2. The van der Waals surface area contributed by atoms with Gasteiger partial charge in [0.1, 0.15) is 23.9 Å². The number of phenolic OH excluding ortho intramolecular Hbond substituents is 1. The highest BCUT2D eigenvalue weighted by Crippen LogP contribution is 2.58. The number of benzene rings is 3. The number of phenols is 1. The number of aromatic hydroxyl groups is 1. The zero-order valence-electron chi connectivity index (χ0n) is 29.4. The minimum atomic E-state index is -1.01. The highest BCUT2D eigenvalue weighted by atomic mass is 16.5. The van der Waals surface area contributed by atoms with Crippen molar-refractivity contribution in [2.45, 2.75) is 88.3 Å². The predicted octanol–water partition coefficient (Wildman–Crippen LogP) is 5.44. The number of aliphatic hydroxyl groups is 2. The van der Waals surface area contributed by atoms with Gasteiger partial charge < -0.3 is 49.6 Å². The maximum atomic E-state index is 12.2. The lowest BCUT2D eigenvalue weighted by Crippen LogP contribution is -2.63. The van der Waals surface area contributed by atoms with E-state index in [4.69, 9.17) is 23.7 Å². The quantitative estimate of drug-likeness (QED) is 0.160. The van der Waals surface area contributed by atoms with Gasteiger partial charge in [0, 0.05) is 70.9 Å². The molecule has 0 aromatic heterocycles. The van der Waals surface area contributed by atoms with E-state index in [1.807, 2.05) is 19.2 Å². The molecule has 1 saturated heterocycles. The summed E-state index contributed by atoms with van der Waals surface area (Å²) in [5.74, 6) is 2.37. The topological polar surface area (TPSA) is 143 Å². The molecular formula is C39H49N3O8. The Morgan fingerprint density at radius 3 is 2.46 bits per heavy atom. The summed E-state index contributed by atoms with van der Waals surface area (Å²) in [6.45, 7) is 3.62. The van der Waals surface area contributed by atoms with Crippen molar-refractivity contribution in [2.75, 3.05) is 46.3 Å². The van der Waals surface area contributed by atoms with Gasteiger partial charge in [0.05, 0.1) is 32.5 Å². The minimum absolute atomic E-state index is 0.0916. The van der Waals surface area contributed by atoms with Crippen LogP contribution in [0.4, 0.5) is 5.69 Å². The number of anilines is 1. The van der Waals surface area contributed by atoms with Crippen LogP contribution in [-0.2, 0) is 12.8 Å². The van der Waals surface area contributed by atoms with Crippen molar-refractivity contribution >= 4 is 5.69 Å². The van der Waals surface area contributed by atoms with E-state index < -0.39 is 24.0 Å². The fourth-order valence-electron chi connectivity index (χ4n) is 9.24. The van der Waals surface area contributed by atoms with Crippen LogP contribution in [0.1, 0.15) is 91.5 Å². The number of hydrogen-bond acceptors (Lipinski definition) is 11. The number of fused-ring (bicyclic) bond motifs is 3. The molecule has 0 bridgehead atoms. The van der Waals surface area contributed by atoms with Crippen molar-refractivity contribution in [2.24, 2.45) is 5.92 Å². The zero-order chi connectivity index (χ0) is 34.7. The molecular weight excluding hydrogens is 638 g/mol. The van der Waals surface area contributed by atoms with Crippen LogP contribution in [0.5, 0.6) is 34.5 Å². The lowest BCUT2D eigenvalue weighted by atomic mass is 9.73. The molecule has 0 unspecified atom stereocenters. The van der Waals surface area contributed by atoms with Gasteiger partial charge in [0.15, 0.2) is 23.5 Å². The summed E-state index contributed by atoms with van der Waals surface area (Å²) in [7, 11) is 4.88. The first-order valence-corrected chi connectivity index (χ1v) is 18.1. The van der Waals surface area contributed by atoms with Crippen LogP contribution in [0, 0.1) is 5.92 Å². The molecule has 11 nitrogen and oxygen atoms in total. The molecule has 0 radical (unpaired) electrons. The van der Waals surface area contributed by atoms with Gasteiger partial charge in [0.2, 0.25) is 5.75 Å². The second kappa shape index (κ2) is 13.0. The Bertz CT molecular complexity index is 1770. The SMILES string of the molecule is CNCCOc1cc(O[C@]23CCCC[C@@H]2CC[C@H](C)N3)c2c3c1CCc1c-3c(cc3c1[C@@H](O)[C@H](c1cc(OC)c(O)c(OC)c1)CO3)N[C@@H]2O. The number of ether oxygens (including phenoxy) is 5. The predicted molar refractivity (Wildman–Crippen MR) is 189 cm³/mol. The number of hydrogen-bond donors (Lipinski definition) is 6. The van der Waals surface area contributed by atoms with Gasteiger partial charge in [-0.3, -0.25) is 5.32 Å². The molecule has 8 rings (SSSR count). The van der Waals surface area contributed by atoms with Crippen molar-refractivity contribution in [3.05, 3.63) is 52.1 Å². The van der Waals surface area contributed by atoms with Crippen LogP contribution >= 0.6 is 0 Å². The third-order valence-electron chi connectivity index (χ3n) is 11.7. The maximum Gasteiger partial charge on any atom is 0.200 e. The summed E-state index contributed by atoms with van der Waals surface area (Å²) < 4.78 is 30.9. The summed E-state index contributed by atoms with van der Waals surface area (Å²) in [4.78, 5) is 0. The monoisotopic (exact) mass is 687 g/mol. The molecule has 2 aliphatic carbocycles. The van der Waals surface area contributed by atoms with Gasteiger partial charge in [-0.05, 0) is 75.8 Å². The largest absolute Gasteiger partial charge is 0.502 e. The molecule has 6 N–H and O–H groups in total. The Kier molecular flexibility index (Phi) is 8.65. The Labute approximate surface area is 293 Å². The molecule has 2 fully saturated rings. The molecule has 3 aromatic carbocycles. The van der Waals surface area contributed by atoms with Crippen molar-refractivity contribution in [1.82, 2.24) is 10.6 Å². The fraction of sp³-hybridized carbons (Fsp3) is 0.538. The van der Waals surface area contributed by atoms with Gasteiger partial charge in [-0.15, -0.1) is 0 Å². The van der Waals surface area contributed by atoms with Crippen LogP contribution < -0.4 is 39.6 Å². The van der Waals surface area contributed by atoms with Gasteiger partial charge in [0.25, 0.3) is 0 Å². The van der Waals surface area contributed by atoms with Crippen LogP contribution in [0.25, 0.3) is 11.1 Å². The Hall–Kier alpha value is -3.90. The number of aliphatic hydroxyl groups excluding tert-OH is 2. The lowest BCUT2D eigenvalue weighted by Gasteiger charge is -2.50. The third-order valence-corrected chi connectivity index (χ3v) is 11.7. The normalized spacial score (nSPS) is 27.5. The second-order valence-electron chi connectivity index (χ2n) is 14.5.